The number of aryl methyl sites for hydroxylation is 1. The van der Waals surface area contributed by atoms with Crippen LogP contribution in [0.2, 0.25) is 10.0 Å². The van der Waals surface area contributed by atoms with E-state index in [1.54, 1.807) is 61.7 Å². The van der Waals surface area contributed by atoms with Crippen molar-refractivity contribution in [2.75, 3.05) is 12.4 Å². The van der Waals surface area contributed by atoms with Crippen LogP contribution >= 0.6 is 23.2 Å². The lowest BCUT2D eigenvalue weighted by molar-refractivity contribution is -0.142. The van der Waals surface area contributed by atoms with Crippen molar-refractivity contribution in [3.63, 3.8) is 0 Å². The first-order chi connectivity index (χ1) is 17.3. The van der Waals surface area contributed by atoms with E-state index in [9.17, 15) is 9.59 Å². The number of hydrogen-bond donors (Lipinski definition) is 1. The van der Waals surface area contributed by atoms with E-state index < -0.39 is 11.9 Å². The molecule has 0 aliphatic rings. The highest BCUT2D eigenvalue weighted by molar-refractivity contribution is 6.34. The number of pyridine rings is 1. The van der Waals surface area contributed by atoms with E-state index in [-0.39, 0.29) is 17.7 Å². The minimum atomic E-state index is -0.500. The molecular weight excluding hydrogens is 505 g/mol. The topological polar surface area (TPSA) is 103 Å². The van der Waals surface area contributed by atoms with Gasteiger partial charge in [0.15, 0.2) is 5.58 Å². The van der Waals surface area contributed by atoms with Crippen molar-refractivity contribution in [1.82, 2.24) is 4.98 Å². The highest BCUT2D eigenvalue weighted by Gasteiger charge is 2.18. The predicted molar refractivity (Wildman–Crippen MR) is 137 cm³/mol. The summed E-state index contributed by atoms with van der Waals surface area (Å²) in [5.74, 6) is -0.460. The number of fused-ring (bicyclic) bond motifs is 1. The number of carbonyl (C=O) groups excluding carboxylic acids is 2. The number of carbonyl (C=O) groups is 2. The molecule has 0 radical (unpaired) electrons. The van der Waals surface area contributed by atoms with E-state index in [0.717, 1.165) is 0 Å². The van der Waals surface area contributed by atoms with Gasteiger partial charge in [-0.25, -0.2) is 4.99 Å². The number of para-hydroxylation sites is 1. The third-order valence-corrected chi connectivity index (χ3v) is 5.84. The monoisotopic (exact) mass is 525 g/mol. The van der Waals surface area contributed by atoms with Crippen LogP contribution in [0, 0.1) is 6.92 Å². The highest BCUT2D eigenvalue weighted by atomic mass is 35.5. The van der Waals surface area contributed by atoms with Gasteiger partial charge in [0.05, 0.1) is 34.2 Å². The van der Waals surface area contributed by atoms with E-state index in [0.29, 0.717) is 49.4 Å². The van der Waals surface area contributed by atoms with Crippen molar-refractivity contribution in [3.8, 4) is 5.75 Å². The molecule has 1 N–H and O–H groups in total. The van der Waals surface area contributed by atoms with Crippen LogP contribution in [0.15, 0.2) is 64.1 Å². The molecular formula is C26H21Cl2N3O5. The summed E-state index contributed by atoms with van der Waals surface area (Å²) < 4.78 is 16.5. The molecule has 0 aliphatic carbocycles. The summed E-state index contributed by atoms with van der Waals surface area (Å²) in [4.78, 5) is 33.7. The van der Waals surface area contributed by atoms with Crippen molar-refractivity contribution in [2.45, 2.75) is 20.5 Å². The van der Waals surface area contributed by atoms with E-state index in [4.69, 9.17) is 37.1 Å². The summed E-state index contributed by atoms with van der Waals surface area (Å²) in [6.07, 6.45) is 1.58. The zero-order chi connectivity index (χ0) is 25.8. The van der Waals surface area contributed by atoms with Crippen LogP contribution in [0.25, 0.3) is 11.0 Å². The molecule has 10 heteroatoms. The summed E-state index contributed by atoms with van der Waals surface area (Å²) >= 11 is 12.5. The van der Waals surface area contributed by atoms with Crippen LogP contribution in [0.3, 0.4) is 0 Å². The Balaban J connectivity index is 1.92. The standard InChI is InChI=1S/C26H21Cl2N3O5/c1-14-24-18(16(12-29-14)13-35-15(2)32)11-19(25(33)31-22-7-5-4-6-20(22)27)26(36-24)30-17-8-9-23(34-3)21(28)10-17/h4-12H,13H2,1-3H3,(H,31,33). The zero-order valence-electron chi connectivity index (χ0n) is 19.6. The number of ether oxygens (including phenoxy) is 2. The number of amides is 1. The second kappa shape index (κ2) is 10.8. The van der Waals surface area contributed by atoms with Gasteiger partial charge in [-0.1, -0.05) is 35.3 Å². The second-order valence-electron chi connectivity index (χ2n) is 7.72. The fourth-order valence-corrected chi connectivity index (χ4v) is 3.86. The normalized spacial score (nSPS) is 11.4. The van der Waals surface area contributed by atoms with Crippen molar-refractivity contribution in [1.29, 1.82) is 0 Å². The Kier molecular flexibility index (Phi) is 7.57. The third-order valence-electron chi connectivity index (χ3n) is 5.21. The maximum atomic E-state index is 13.4. The maximum absolute atomic E-state index is 13.4. The van der Waals surface area contributed by atoms with Gasteiger partial charge in [0.25, 0.3) is 5.91 Å². The summed E-state index contributed by atoms with van der Waals surface area (Å²) in [5, 5.41) is 4.07. The molecule has 2 aromatic heterocycles. The van der Waals surface area contributed by atoms with Gasteiger partial charge in [0, 0.05) is 24.1 Å². The number of hydrogen-bond acceptors (Lipinski definition) is 7. The Morgan fingerprint density at radius 2 is 1.89 bits per heavy atom. The number of aromatic nitrogens is 1. The van der Waals surface area contributed by atoms with Gasteiger partial charge >= 0.3 is 5.97 Å². The SMILES string of the molecule is COc1ccc(N=c2oc3c(C)ncc(COC(C)=O)c3cc2C(=O)Nc2ccccc2Cl)cc1Cl. The van der Waals surface area contributed by atoms with Crippen LogP contribution in [0.5, 0.6) is 5.75 Å². The molecule has 0 atom stereocenters. The van der Waals surface area contributed by atoms with Crippen LogP contribution in [0.1, 0.15) is 28.5 Å². The number of methoxy groups -OCH3 is 1. The molecule has 0 bridgehead atoms. The molecule has 36 heavy (non-hydrogen) atoms. The van der Waals surface area contributed by atoms with Gasteiger partial charge < -0.3 is 19.2 Å². The van der Waals surface area contributed by atoms with Gasteiger partial charge in [0.1, 0.15) is 17.9 Å². The van der Waals surface area contributed by atoms with E-state index >= 15 is 0 Å². The fraction of sp³-hybridized carbons (Fsp3) is 0.154. The average molecular weight is 526 g/mol. The highest BCUT2D eigenvalue weighted by Crippen LogP contribution is 2.29. The maximum Gasteiger partial charge on any atom is 0.302 e. The molecule has 0 aliphatic heterocycles. The quantitative estimate of drug-likeness (QED) is 0.309. The number of nitrogens with one attached hydrogen (secondary N) is 1. The number of rotatable bonds is 6. The predicted octanol–water partition coefficient (Wildman–Crippen LogP) is 6.00. The Hall–Kier alpha value is -3.88. The molecule has 184 valence electrons. The zero-order valence-corrected chi connectivity index (χ0v) is 21.1. The lowest BCUT2D eigenvalue weighted by Gasteiger charge is -2.11. The van der Waals surface area contributed by atoms with Gasteiger partial charge in [0.2, 0.25) is 5.55 Å². The first kappa shape index (κ1) is 25.2. The minimum Gasteiger partial charge on any atom is -0.495 e. The second-order valence-corrected chi connectivity index (χ2v) is 8.54. The molecule has 0 saturated heterocycles. The van der Waals surface area contributed by atoms with Crippen LogP contribution in [-0.4, -0.2) is 24.0 Å². The van der Waals surface area contributed by atoms with E-state index in [2.05, 4.69) is 15.3 Å². The Morgan fingerprint density at radius 1 is 1.11 bits per heavy atom. The number of nitrogens with zero attached hydrogens (tertiary/aromatic N) is 2. The molecule has 0 unspecified atom stereocenters. The summed E-state index contributed by atoms with van der Waals surface area (Å²) in [6.45, 7) is 3.04. The van der Waals surface area contributed by atoms with E-state index in [1.165, 1.54) is 14.0 Å². The number of benzene rings is 2. The Labute approximate surface area is 216 Å². The van der Waals surface area contributed by atoms with Crippen molar-refractivity contribution >= 4 is 57.4 Å². The average Bonchev–Trinajstić information content (AvgIpc) is 2.85. The van der Waals surface area contributed by atoms with Gasteiger partial charge in [-0.3, -0.25) is 14.6 Å². The van der Waals surface area contributed by atoms with E-state index in [1.807, 2.05) is 0 Å². The fourth-order valence-electron chi connectivity index (χ4n) is 3.42. The minimum absolute atomic E-state index is 0.0304. The van der Waals surface area contributed by atoms with Crippen molar-refractivity contribution in [3.05, 3.63) is 87.1 Å². The molecule has 4 rings (SSSR count). The van der Waals surface area contributed by atoms with Gasteiger partial charge in [-0.2, -0.15) is 0 Å². The van der Waals surface area contributed by atoms with Gasteiger partial charge in [-0.05, 0) is 43.3 Å². The van der Waals surface area contributed by atoms with Gasteiger partial charge in [-0.15, -0.1) is 0 Å². The number of esters is 1. The largest absolute Gasteiger partial charge is 0.495 e. The lowest BCUT2D eigenvalue weighted by atomic mass is 10.1. The summed E-state index contributed by atoms with van der Waals surface area (Å²) in [5.41, 5.74) is 2.56. The van der Waals surface area contributed by atoms with Crippen molar-refractivity contribution in [2.24, 2.45) is 4.99 Å². The molecule has 2 heterocycles. The molecule has 0 fully saturated rings. The smallest absolute Gasteiger partial charge is 0.302 e. The summed E-state index contributed by atoms with van der Waals surface area (Å²) in [6, 6.07) is 13.4. The molecule has 1 amide bonds. The Morgan fingerprint density at radius 3 is 2.58 bits per heavy atom. The Bertz CT molecular complexity index is 1550. The van der Waals surface area contributed by atoms with Crippen molar-refractivity contribution < 1.29 is 23.5 Å². The molecule has 2 aromatic carbocycles. The molecule has 8 nitrogen and oxygen atoms in total. The molecule has 0 spiro atoms. The first-order valence-corrected chi connectivity index (χ1v) is 11.5. The lowest BCUT2D eigenvalue weighted by Crippen LogP contribution is -2.22. The number of anilines is 1. The third kappa shape index (κ3) is 5.50. The molecule has 0 saturated carbocycles. The van der Waals surface area contributed by atoms with Crippen LogP contribution < -0.4 is 15.6 Å². The van der Waals surface area contributed by atoms with Crippen LogP contribution in [0.4, 0.5) is 11.4 Å². The molecule has 4 aromatic rings. The first-order valence-electron chi connectivity index (χ1n) is 10.8. The summed E-state index contributed by atoms with van der Waals surface area (Å²) in [7, 11) is 1.51. The van der Waals surface area contributed by atoms with Crippen LogP contribution in [-0.2, 0) is 16.1 Å². The number of halogens is 2.